The molecule has 2 saturated heterocycles. The third-order valence-electron chi connectivity index (χ3n) is 3.92. The molecule has 4 heteroatoms. The molecule has 1 unspecified atom stereocenters. The van der Waals surface area contributed by atoms with Crippen LogP contribution in [0, 0.1) is 0 Å². The molecule has 4 nitrogen and oxygen atoms in total. The van der Waals surface area contributed by atoms with Crippen LogP contribution in [0.25, 0.3) is 0 Å². The Bertz CT molecular complexity index is 332. The summed E-state index contributed by atoms with van der Waals surface area (Å²) in [6, 6.07) is 0. The molecule has 2 rings (SSSR count). The normalized spacial score (nSPS) is 28.0. The van der Waals surface area contributed by atoms with Crippen molar-refractivity contribution < 1.29 is 10.2 Å². The molecule has 0 bridgehead atoms. The topological polar surface area (TPSA) is 46.9 Å². The summed E-state index contributed by atoms with van der Waals surface area (Å²) in [5, 5.41) is 18.8. The second-order valence-electron chi connectivity index (χ2n) is 6.30. The van der Waals surface area contributed by atoms with E-state index < -0.39 is 5.60 Å². The van der Waals surface area contributed by atoms with Gasteiger partial charge in [0.05, 0.1) is 11.7 Å². The molecular weight excluding hydrogens is 264 g/mol. The van der Waals surface area contributed by atoms with Crippen LogP contribution >= 0.6 is 0 Å². The van der Waals surface area contributed by atoms with Crippen LogP contribution in [0.5, 0.6) is 0 Å². The van der Waals surface area contributed by atoms with Crippen LogP contribution in [0.1, 0.15) is 46.5 Å². The molecule has 0 saturated carbocycles. The quantitative estimate of drug-likeness (QED) is 0.821. The van der Waals surface area contributed by atoms with Crippen LogP contribution < -0.4 is 0 Å². The molecule has 0 spiro atoms. The predicted octanol–water partition coefficient (Wildman–Crippen LogP) is 2.34. The zero-order valence-corrected chi connectivity index (χ0v) is 13.8. The molecular formula is C17H32N2O2. The summed E-state index contributed by atoms with van der Waals surface area (Å²) in [5.41, 5.74) is -0.474. The van der Waals surface area contributed by atoms with Gasteiger partial charge in [0.25, 0.3) is 0 Å². The molecule has 2 heterocycles. The molecule has 0 aromatic rings. The lowest BCUT2D eigenvalue weighted by Gasteiger charge is -2.36. The Morgan fingerprint density at radius 2 is 1.57 bits per heavy atom. The zero-order valence-electron chi connectivity index (χ0n) is 13.8. The molecule has 2 N–H and O–H groups in total. The predicted molar refractivity (Wildman–Crippen MR) is 87.9 cm³/mol. The third-order valence-corrected chi connectivity index (χ3v) is 3.92. The first-order chi connectivity index (χ1) is 9.96. The van der Waals surface area contributed by atoms with Crippen LogP contribution in [0.4, 0.5) is 0 Å². The molecule has 21 heavy (non-hydrogen) atoms. The van der Waals surface area contributed by atoms with Gasteiger partial charge in [-0.2, -0.15) is 0 Å². The molecule has 0 aromatic heterocycles. The third kappa shape index (κ3) is 7.53. The molecule has 0 aromatic carbocycles. The highest BCUT2D eigenvalue weighted by Gasteiger charge is 2.26. The van der Waals surface area contributed by atoms with Gasteiger partial charge in [-0.1, -0.05) is 12.2 Å². The minimum absolute atomic E-state index is 0.0542. The van der Waals surface area contributed by atoms with Crippen LogP contribution in [0.15, 0.2) is 24.6 Å². The van der Waals surface area contributed by atoms with Gasteiger partial charge in [0.15, 0.2) is 0 Å². The second-order valence-corrected chi connectivity index (χ2v) is 6.30. The number of aliphatic hydroxyl groups is 2. The fourth-order valence-corrected chi connectivity index (χ4v) is 2.84. The molecule has 2 aliphatic rings. The van der Waals surface area contributed by atoms with Crippen LogP contribution in [0.2, 0.25) is 0 Å². The molecule has 2 fully saturated rings. The standard InChI is InChI=1S/C9H17NO.C8H15NO/c1-3-6-10-7-4-5-9(2,11)8-10;1-2-5-9-6-3-8(10)4-7-9/h3,6,11H,4-5,7-8H2,1-2H3;2,5,8,10H,3-4,6-7H2,1H3. The fourth-order valence-electron chi connectivity index (χ4n) is 2.84. The van der Waals surface area contributed by atoms with Gasteiger partial charge in [-0.15, -0.1) is 0 Å². The molecule has 0 aliphatic carbocycles. The average molecular weight is 296 g/mol. The van der Waals surface area contributed by atoms with Crippen molar-refractivity contribution in [3.8, 4) is 0 Å². The maximum absolute atomic E-state index is 9.70. The van der Waals surface area contributed by atoms with Gasteiger partial charge in [0, 0.05) is 26.2 Å². The van der Waals surface area contributed by atoms with Gasteiger partial charge in [0.2, 0.25) is 0 Å². The van der Waals surface area contributed by atoms with Gasteiger partial charge >= 0.3 is 0 Å². The minimum Gasteiger partial charge on any atom is -0.393 e. The number of nitrogens with zero attached hydrogens (tertiary/aromatic N) is 2. The Morgan fingerprint density at radius 1 is 1.00 bits per heavy atom. The SMILES string of the molecule is CC=CN1CCC(O)CC1.CC=CN1CCCC(C)(O)C1. The summed E-state index contributed by atoms with van der Waals surface area (Å²) in [7, 11) is 0. The molecule has 2 aliphatic heterocycles. The van der Waals surface area contributed by atoms with Gasteiger partial charge in [-0.05, 0) is 58.9 Å². The first-order valence-corrected chi connectivity index (χ1v) is 8.11. The Morgan fingerprint density at radius 3 is 2.10 bits per heavy atom. The fraction of sp³-hybridized carbons (Fsp3) is 0.765. The maximum Gasteiger partial charge on any atom is 0.0794 e. The van der Waals surface area contributed by atoms with E-state index in [1.807, 2.05) is 39.1 Å². The van der Waals surface area contributed by atoms with E-state index in [1.165, 1.54) is 0 Å². The van der Waals surface area contributed by atoms with Gasteiger partial charge < -0.3 is 20.0 Å². The number of allylic oxidation sites excluding steroid dienone is 2. The van der Waals surface area contributed by atoms with Crippen LogP contribution in [-0.2, 0) is 0 Å². The summed E-state index contributed by atoms with van der Waals surface area (Å²) in [4.78, 5) is 4.41. The van der Waals surface area contributed by atoms with Gasteiger partial charge in [-0.25, -0.2) is 0 Å². The summed E-state index contributed by atoms with van der Waals surface area (Å²) < 4.78 is 0. The van der Waals surface area contributed by atoms with Crippen molar-refractivity contribution in [3.05, 3.63) is 24.6 Å². The maximum atomic E-state index is 9.70. The van der Waals surface area contributed by atoms with E-state index in [0.717, 1.165) is 51.9 Å². The largest absolute Gasteiger partial charge is 0.393 e. The van der Waals surface area contributed by atoms with Crippen molar-refractivity contribution in [2.24, 2.45) is 0 Å². The van der Waals surface area contributed by atoms with Crippen LogP contribution in [-0.4, -0.2) is 57.9 Å². The molecule has 122 valence electrons. The summed E-state index contributed by atoms with van der Waals surface area (Å²) in [6.45, 7) is 9.80. The monoisotopic (exact) mass is 296 g/mol. The highest BCUT2D eigenvalue weighted by atomic mass is 16.3. The second kappa shape index (κ2) is 9.11. The number of likely N-dealkylation sites (tertiary alicyclic amines) is 2. The van der Waals surface area contributed by atoms with Crippen molar-refractivity contribution in [1.29, 1.82) is 0 Å². The molecule has 0 amide bonds. The van der Waals surface area contributed by atoms with E-state index in [9.17, 15) is 5.11 Å². The Hall–Kier alpha value is -1.00. The first-order valence-electron chi connectivity index (χ1n) is 8.11. The molecule has 1 atom stereocenters. The summed E-state index contributed by atoms with van der Waals surface area (Å²) >= 11 is 0. The summed E-state index contributed by atoms with van der Waals surface area (Å²) in [5.74, 6) is 0. The van der Waals surface area contributed by atoms with E-state index in [2.05, 4.69) is 16.0 Å². The Labute approximate surface area is 129 Å². The van der Waals surface area contributed by atoms with E-state index in [-0.39, 0.29) is 6.10 Å². The number of hydrogen-bond donors (Lipinski definition) is 2. The van der Waals surface area contributed by atoms with E-state index >= 15 is 0 Å². The van der Waals surface area contributed by atoms with E-state index in [4.69, 9.17) is 5.11 Å². The zero-order chi connectivity index (χ0) is 15.7. The van der Waals surface area contributed by atoms with Crippen molar-refractivity contribution in [1.82, 2.24) is 9.80 Å². The van der Waals surface area contributed by atoms with E-state index in [0.29, 0.717) is 0 Å². The van der Waals surface area contributed by atoms with E-state index in [1.54, 1.807) is 0 Å². The first kappa shape index (κ1) is 18.1. The van der Waals surface area contributed by atoms with Gasteiger partial charge in [-0.3, -0.25) is 0 Å². The highest BCUT2D eigenvalue weighted by Crippen LogP contribution is 2.19. The number of piperidine rings is 2. The smallest absolute Gasteiger partial charge is 0.0794 e. The Balaban J connectivity index is 0.000000211. The number of aliphatic hydroxyl groups excluding tert-OH is 1. The Kier molecular flexibility index (Phi) is 7.83. The lowest BCUT2D eigenvalue weighted by molar-refractivity contribution is -0.000476. The minimum atomic E-state index is -0.474. The summed E-state index contributed by atoms with van der Waals surface area (Å²) in [6.07, 6.45) is 12.0. The lowest BCUT2D eigenvalue weighted by Crippen LogP contribution is -2.43. The molecule has 0 radical (unpaired) electrons. The van der Waals surface area contributed by atoms with Crippen molar-refractivity contribution >= 4 is 0 Å². The number of β-amino-alcohol motifs (C(OH)–C–C–N with tert-alkyl or cyclic N) is 1. The highest BCUT2D eigenvalue weighted by molar-refractivity contribution is 4.89. The van der Waals surface area contributed by atoms with Gasteiger partial charge in [0.1, 0.15) is 0 Å². The van der Waals surface area contributed by atoms with Crippen molar-refractivity contribution in [3.63, 3.8) is 0 Å². The number of hydrogen-bond acceptors (Lipinski definition) is 4. The lowest BCUT2D eigenvalue weighted by atomic mass is 9.95. The number of rotatable bonds is 2. The average Bonchev–Trinajstić information content (AvgIpc) is 2.42. The van der Waals surface area contributed by atoms with Crippen LogP contribution in [0.3, 0.4) is 0 Å². The van der Waals surface area contributed by atoms with Crippen molar-refractivity contribution in [2.75, 3.05) is 26.2 Å². The van der Waals surface area contributed by atoms with Crippen molar-refractivity contribution in [2.45, 2.75) is 58.2 Å².